The smallest absolute Gasteiger partial charge is 0.132 e. The van der Waals surface area contributed by atoms with Crippen LogP contribution in [0.25, 0.3) is 0 Å². The van der Waals surface area contributed by atoms with Gasteiger partial charge in [0.15, 0.2) is 0 Å². The predicted molar refractivity (Wildman–Crippen MR) is 102 cm³/mol. The number of thioether (sulfide) groups is 2. The minimum absolute atomic E-state index is 0.361. The molecule has 1 aliphatic heterocycles. The number of fused-ring (bicyclic) bond motifs is 1. The van der Waals surface area contributed by atoms with Crippen LogP contribution in [-0.4, -0.2) is 35.8 Å². The first-order chi connectivity index (χ1) is 11.7. The molecule has 0 fully saturated rings. The van der Waals surface area contributed by atoms with Crippen molar-refractivity contribution in [1.82, 2.24) is 5.32 Å². The van der Waals surface area contributed by atoms with Gasteiger partial charge in [-0.1, -0.05) is 31.2 Å². The largest absolute Gasteiger partial charge is 0.507 e. The molecule has 24 heavy (non-hydrogen) atoms. The number of ether oxygens (including phenoxy) is 1. The Kier molecular flexibility index (Phi) is 6.35. The number of hydrogen-bond donors (Lipinski definition) is 2. The van der Waals surface area contributed by atoms with Gasteiger partial charge in [0.2, 0.25) is 0 Å². The van der Waals surface area contributed by atoms with Gasteiger partial charge in [0.25, 0.3) is 0 Å². The Morgan fingerprint density at radius 3 is 2.92 bits per heavy atom. The van der Waals surface area contributed by atoms with E-state index in [4.69, 9.17) is 4.74 Å². The number of benzene rings is 2. The van der Waals surface area contributed by atoms with Crippen molar-refractivity contribution < 1.29 is 9.84 Å². The molecule has 0 saturated heterocycles. The number of nitrogens with one attached hydrogen (secondary N) is 1. The highest BCUT2D eigenvalue weighted by atomic mass is 32.2. The molecule has 0 radical (unpaired) electrons. The Labute approximate surface area is 152 Å². The van der Waals surface area contributed by atoms with Crippen molar-refractivity contribution in [2.24, 2.45) is 5.92 Å². The summed E-state index contributed by atoms with van der Waals surface area (Å²) in [7, 11) is 0. The third kappa shape index (κ3) is 4.85. The van der Waals surface area contributed by atoms with Gasteiger partial charge in [-0.3, -0.25) is 0 Å². The molecule has 0 spiro atoms. The van der Waals surface area contributed by atoms with Gasteiger partial charge in [0.05, 0.1) is 6.04 Å². The third-order valence-corrected chi connectivity index (χ3v) is 6.48. The highest BCUT2D eigenvalue weighted by molar-refractivity contribution is 7.99. The van der Waals surface area contributed by atoms with E-state index < -0.39 is 0 Å². The van der Waals surface area contributed by atoms with E-state index in [1.54, 1.807) is 17.8 Å². The van der Waals surface area contributed by atoms with Gasteiger partial charge in [-0.2, -0.15) is 0 Å². The Hall–Kier alpha value is -1.30. The first-order valence-corrected chi connectivity index (χ1v) is 10.2. The first kappa shape index (κ1) is 17.5. The van der Waals surface area contributed by atoms with Gasteiger partial charge in [0.1, 0.15) is 18.1 Å². The number of phenols is 1. The highest BCUT2D eigenvalue weighted by Gasteiger charge is 2.17. The van der Waals surface area contributed by atoms with E-state index in [-0.39, 0.29) is 0 Å². The van der Waals surface area contributed by atoms with Crippen molar-refractivity contribution >= 4 is 23.5 Å². The second-order valence-electron chi connectivity index (χ2n) is 6.06. The SMILES string of the molecule is C[C@H](CNC1COc2ccccc2SC1)CSc1ccccc1O. The zero-order chi connectivity index (χ0) is 16.8. The van der Waals surface area contributed by atoms with Crippen LogP contribution in [-0.2, 0) is 0 Å². The lowest BCUT2D eigenvalue weighted by atomic mass is 10.2. The molecule has 0 amide bonds. The lowest BCUT2D eigenvalue weighted by molar-refractivity contribution is 0.270. The summed E-state index contributed by atoms with van der Waals surface area (Å²) in [5.41, 5.74) is 0. The van der Waals surface area contributed by atoms with Gasteiger partial charge in [-0.15, -0.1) is 23.5 Å². The van der Waals surface area contributed by atoms with E-state index in [1.165, 1.54) is 4.90 Å². The average molecular weight is 362 g/mol. The van der Waals surface area contributed by atoms with Crippen molar-refractivity contribution in [3.05, 3.63) is 48.5 Å². The van der Waals surface area contributed by atoms with E-state index in [2.05, 4.69) is 24.4 Å². The lowest BCUT2D eigenvalue weighted by Gasteiger charge is -2.19. The maximum atomic E-state index is 9.82. The molecule has 5 heteroatoms. The summed E-state index contributed by atoms with van der Waals surface area (Å²) >= 11 is 3.56. The van der Waals surface area contributed by atoms with Crippen LogP contribution < -0.4 is 10.1 Å². The maximum absolute atomic E-state index is 9.82. The average Bonchev–Trinajstić information content (AvgIpc) is 2.82. The van der Waals surface area contributed by atoms with Crippen LogP contribution >= 0.6 is 23.5 Å². The quantitative estimate of drug-likeness (QED) is 0.752. The molecule has 3 rings (SSSR count). The molecule has 2 aromatic rings. The minimum atomic E-state index is 0.361. The molecular weight excluding hydrogens is 338 g/mol. The van der Waals surface area contributed by atoms with Crippen molar-refractivity contribution in [2.75, 3.05) is 24.7 Å². The Balaban J connectivity index is 1.42. The normalized spacial score (nSPS) is 18.3. The zero-order valence-electron chi connectivity index (χ0n) is 13.8. The second-order valence-corrected chi connectivity index (χ2v) is 8.18. The van der Waals surface area contributed by atoms with Crippen LogP contribution in [0.1, 0.15) is 6.92 Å². The number of hydrogen-bond acceptors (Lipinski definition) is 5. The predicted octanol–water partition coefficient (Wildman–Crippen LogP) is 4.26. The number of para-hydroxylation sites is 2. The van der Waals surface area contributed by atoms with Gasteiger partial charge in [-0.25, -0.2) is 0 Å². The molecule has 0 aliphatic carbocycles. The number of rotatable bonds is 6. The first-order valence-electron chi connectivity index (χ1n) is 8.21. The fourth-order valence-corrected chi connectivity index (χ4v) is 4.48. The summed E-state index contributed by atoms with van der Waals surface area (Å²) in [5, 5.41) is 13.4. The molecule has 2 N–H and O–H groups in total. The van der Waals surface area contributed by atoms with E-state index in [0.717, 1.165) is 28.7 Å². The summed E-state index contributed by atoms with van der Waals surface area (Å²) in [6.07, 6.45) is 0. The Bertz CT molecular complexity index is 638. The van der Waals surface area contributed by atoms with Gasteiger partial charge >= 0.3 is 0 Å². The van der Waals surface area contributed by atoms with Crippen molar-refractivity contribution in [2.45, 2.75) is 22.8 Å². The topological polar surface area (TPSA) is 41.5 Å². The van der Waals surface area contributed by atoms with Crippen molar-refractivity contribution in [1.29, 1.82) is 0 Å². The molecule has 0 bridgehead atoms. The summed E-state index contributed by atoms with van der Waals surface area (Å²) in [6.45, 7) is 3.90. The molecule has 1 aliphatic rings. The van der Waals surface area contributed by atoms with E-state index in [0.29, 0.717) is 24.3 Å². The lowest BCUT2D eigenvalue weighted by Crippen LogP contribution is -2.39. The fraction of sp³-hybridized carbons (Fsp3) is 0.368. The van der Waals surface area contributed by atoms with Crippen LogP contribution in [0.15, 0.2) is 58.3 Å². The number of phenolic OH excluding ortho intramolecular Hbond substituents is 1. The highest BCUT2D eigenvalue weighted by Crippen LogP contribution is 2.32. The van der Waals surface area contributed by atoms with Crippen LogP contribution in [0.5, 0.6) is 11.5 Å². The molecule has 2 aromatic carbocycles. The summed E-state index contributed by atoms with van der Waals surface area (Å²) in [6, 6.07) is 16.1. The molecular formula is C19H23NO2S2. The maximum Gasteiger partial charge on any atom is 0.132 e. The third-order valence-electron chi connectivity index (χ3n) is 3.87. The molecule has 1 heterocycles. The zero-order valence-corrected chi connectivity index (χ0v) is 15.4. The van der Waals surface area contributed by atoms with Crippen LogP contribution in [0, 0.1) is 5.92 Å². The van der Waals surface area contributed by atoms with Gasteiger partial charge in [0, 0.05) is 21.3 Å². The summed E-state index contributed by atoms with van der Waals surface area (Å²) in [5.74, 6) is 3.89. The van der Waals surface area contributed by atoms with Gasteiger partial charge in [-0.05, 0) is 36.7 Å². The van der Waals surface area contributed by atoms with Gasteiger partial charge < -0.3 is 15.2 Å². The molecule has 128 valence electrons. The van der Waals surface area contributed by atoms with Crippen molar-refractivity contribution in [3.8, 4) is 11.5 Å². The Morgan fingerprint density at radius 2 is 2.04 bits per heavy atom. The van der Waals surface area contributed by atoms with E-state index >= 15 is 0 Å². The van der Waals surface area contributed by atoms with E-state index in [9.17, 15) is 5.11 Å². The molecule has 1 unspecified atom stereocenters. The fourth-order valence-electron chi connectivity index (χ4n) is 2.47. The standard InChI is InChI=1S/C19H23NO2S2/c1-14(12-23-18-8-4-2-6-16(18)21)10-20-15-11-22-17-7-3-5-9-19(17)24-13-15/h2-9,14-15,20-21H,10-13H2,1H3/t14-,15?/m1/s1. The molecule has 0 aromatic heterocycles. The van der Waals surface area contributed by atoms with Crippen LogP contribution in [0.2, 0.25) is 0 Å². The summed E-state index contributed by atoms with van der Waals surface area (Å²) in [4.78, 5) is 2.18. The molecule has 3 nitrogen and oxygen atoms in total. The molecule has 0 saturated carbocycles. The molecule has 2 atom stereocenters. The summed E-state index contributed by atoms with van der Waals surface area (Å²) < 4.78 is 5.92. The number of aromatic hydroxyl groups is 1. The second kappa shape index (κ2) is 8.70. The Morgan fingerprint density at radius 1 is 1.25 bits per heavy atom. The van der Waals surface area contributed by atoms with Crippen LogP contribution in [0.4, 0.5) is 0 Å². The monoisotopic (exact) mass is 361 g/mol. The van der Waals surface area contributed by atoms with Crippen LogP contribution in [0.3, 0.4) is 0 Å². The van der Waals surface area contributed by atoms with E-state index in [1.807, 2.05) is 42.1 Å². The van der Waals surface area contributed by atoms with Crippen molar-refractivity contribution in [3.63, 3.8) is 0 Å². The minimum Gasteiger partial charge on any atom is -0.507 e.